The van der Waals surface area contributed by atoms with E-state index in [0.717, 1.165) is 0 Å². The molecule has 0 amide bonds. The van der Waals surface area contributed by atoms with Crippen LogP contribution in [0.2, 0.25) is 0 Å². The van der Waals surface area contributed by atoms with Gasteiger partial charge in [0.25, 0.3) is 0 Å². The lowest BCUT2D eigenvalue weighted by molar-refractivity contribution is -0.155. The lowest BCUT2D eigenvalue weighted by atomic mass is 10.2. The first kappa shape index (κ1) is 26.3. The number of carboxylic acid groups (broad SMARTS) is 4. The molecule has 8 nitrogen and oxygen atoms in total. The molecule has 12 heteroatoms. The molecule has 0 aliphatic carbocycles. The summed E-state index contributed by atoms with van der Waals surface area (Å²) < 4.78 is 23.6. The van der Waals surface area contributed by atoms with Crippen LogP contribution in [0.3, 0.4) is 0 Å². The van der Waals surface area contributed by atoms with Gasteiger partial charge in [0, 0.05) is 12.2 Å². The van der Waals surface area contributed by atoms with E-state index in [4.69, 9.17) is 20.4 Å². The molecule has 0 spiro atoms. The summed E-state index contributed by atoms with van der Waals surface area (Å²) in [4.78, 5) is 38.2. The Balaban J connectivity index is -0.000000119. The molecular weight excluding hydrogens is 317 g/mol. The third kappa shape index (κ3) is 15.7. The number of rotatable bonds is 5. The van der Waals surface area contributed by atoms with Crippen LogP contribution >= 0.6 is 12.4 Å². The van der Waals surface area contributed by atoms with Crippen molar-refractivity contribution in [3.63, 3.8) is 0 Å². The summed E-state index contributed by atoms with van der Waals surface area (Å²) in [6.07, 6.45) is -4.86. The van der Waals surface area contributed by atoms with Gasteiger partial charge in [-0.05, 0) is 0 Å². The largest absolute Gasteiger partial charge is 0.479 e. The minimum Gasteiger partial charge on any atom is -0.479 e. The maximum absolute atomic E-state index is 11.8. The second kappa shape index (κ2) is 13.1. The monoisotopic (exact) mass is 326 g/mol. The van der Waals surface area contributed by atoms with E-state index >= 15 is 0 Å². The molecule has 0 aromatic heterocycles. The van der Waals surface area contributed by atoms with Crippen molar-refractivity contribution in [1.29, 1.82) is 0 Å². The van der Waals surface area contributed by atoms with E-state index in [1.165, 1.54) is 0 Å². The summed E-state index contributed by atoms with van der Waals surface area (Å²) in [6.45, 7) is 0. The Hall–Kier alpha value is -2.30. The van der Waals surface area contributed by atoms with Crippen molar-refractivity contribution in [3.05, 3.63) is 12.2 Å². The van der Waals surface area contributed by atoms with E-state index in [0.29, 0.717) is 12.2 Å². The van der Waals surface area contributed by atoms with E-state index in [2.05, 4.69) is 0 Å². The van der Waals surface area contributed by atoms with Crippen LogP contribution in [0.5, 0.6) is 0 Å². The van der Waals surface area contributed by atoms with Crippen LogP contribution in [0.4, 0.5) is 13.5 Å². The topological polar surface area (TPSA) is 149 Å². The van der Waals surface area contributed by atoms with Gasteiger partial charge in [0.15, 0.2) is 0 Å². The van der Waals surface area contributed by atoms with Gasteiger partial charge in [-0.1, -0.05) is 0 Å². The minimum absolute atomic E-state index is 0. The van der Waals surface area contributed by atoms with Gasteiger partial charge in [-0.3, -0.25) is 4.70 Å². The summed E-state index contributed by atoms with van der Waals surface area (Å²) in [6, 6.07) is 0. The molecule has 0 rings (SSSR count). The smallest absolute Gasteiger partial charge is 0.342 e. The van der Waals surface area contributed by atoms with E-state index in [1.807, 2.05) is 0 Å². The van der Waals surface area contributed by atoms with Gasteiger partial charge in [-0.15, -0.1) is 12.4 Å². The van der Waals surface area contributed by atoms with Crippen LogP contribution in [0.1, 0.15) is 0 Å². The number of aliphatic carboxylic acids is 4. The third-order valence-corrected chi connectivity index (χ3v) is 1.10. The predicted octanol–water partition coefficient (Wildman–Crippen LogP) is 0.118. The quantitative estimate of drug-likeness (QED) is 0.520. The molecule has 0 aromatic carbocycles. The lowest BCUT2D eigenvalue weighted by Gasteiger charge is -2.02. The summed E-state index contributed by atoms with van der Waals surface area (Å²) in [5.74, 6) is -6.75. The van der Waals surface area contributed by atoms with Crippen LogP contribution in [-0.2, 0) is 19.2 Å². The molecule has 0 aliphatic heterocycles. The van der Waals surface area contributed by atoms with Crippen molar-refractivity contribution in [2.45, 2.75) is 12.3 Å². The van der Waals surface area contributed by atoms with Crippen LogP contribution in [0.15, 0.2) is 12.2 Å². The van der Waals surface area contributed by atoms with Crippen LogP contribution in [0.25, 0.3) is 0 Å². The molecule has 4 N–H and O–H groups in total. The molecule has 2 atom stereocenters. The SMILES string of the molecule is Cl.F.O=C(O)/C=C\C(=O)O.O=C(O)C(F)C(F)C(=O)O. The maximum atomic E-state index is 11.8. The van der Waals surface area contributed by atoms with Crippen molar-refractivity contribution in [2.75, 3.05) is 0 Å². The number of hydrogen-bond donors (Lipinski definition) is 4. The van der Waals surface area contributed by atoms with Crippen molar-refractivity contribution in [1.82, 2.24) is 0 Å². The second-order valence-electron chi connectivity index (χ2n) is 2.49. The molecule has 0 bridgehead atoms. The molecule has 0 saturated heterocycles. The zero-order valence-corrected chi connectivity index (χ0v) is 10.1. The Morgan fingerprint density at radius 2 is 0.950 bits per heavy atom. The lowest BCUT2D eigenvalue weighted by Crippen LogP contribution is -2.32. The van der Waals surface area contributed by atoms with Gasteiger partial charge in [0.1, 0.15) is 0 Å². The first-order valence-electron chi connectivity index (χ1n) is 3.97. The number of hydrogen-bond acceptors (Lipinski definition) is 4. The van der Waals surface area contributed by atoms with E-state index in [-0.39, 0.29) is 17.1 Å². The number of carboxylic acids is 4. The molecule has 0 heterocycles. The third-order valence-electron chi connectivity index (χ3n) is 1.10. The van der Waals surface area contributed by atoms with E-state index in [1.54, 1.807) is 0 Å². The zero-order valence-electron chi connectivity index (χ0n) is 9.30. The number of alkyl halides is 2. The van der Waals surface area contributed by atoms with Crippen LogP contribution in [-0.4, -0.2) is 56.6 Å². The standard InChI is InChI=1S/C4H4F2O4.C4H4O4.ClH.FH/c5-1(3(7)8)2(6)4(9)10;5-3(6)1-2-4(7)8;;/h1-2H,(H,7,8)(H,9,10);1-2H,(H,5,6)(H,7,8);2*1H/b;2-1-;;. The average Bonchev–Trinajstić information content (AvgIpc) is 2.24. The highest BCUT2D eigenvalue weighted by atomic mass is 35.5. The van der Waals surface area contributed by atoms with Crippen molar-refractivity contribution < 1.29 is 53.1 Å². The Bertz CT molecular complexity index is 339. The predicted molar refractivity (Wildman–Crippen MR) is 59.2 cm³/mol. The highest BCUT2D eigenvalue weighted by molar-refractivity contribution is 5.89. The van der Waals surface area contributed by atoms with Gasteiger partial charge in [-0.2, -0.15) is 0 Å². The summed E-state index contributed by atoms with van der Waals surface area (Å²) in [5.41, 5.74) is 0. The van der Waals surface area contributed by atoms with Gasteiger partial charge in [-0.25, -0.2) is 28.0 Å². The fraction of sp³-hybridized carbons (Fsp3) is 0.250. The van der Waals surface area contributed by atoms with Crippen molar-refractivity contribution >= 4 is 36.3 Å². The van der Waals surface area contributed by atoms with Gasteiger partial charge in [0.2, 0.25) is 12.3 Å². The van der Waals surface area contributed by atoms with Gasteiger partial charge < -0.3 is 20.4 Å². The molecular formula is C8H10ClF3O8. The fourth-order valence-electron chi connectivity index (χ4n) is 0.393. The molecule has 2 unspecified atom stereocenters. The maximum Gasteiger partial charge on any atom is 0.342 e. The number of halogens is 4. The Kier molecular flexibility index (Phi) is 17.3. The van der Waals surface area contributed by atoms with E-state index in [9.17, 15) is 28.0 Å². The average molecular weight is 327 g/mol. The zero-order chi connectivity index (χ0) is 14.9. The fourth-order valence-corrected chi connectivity index (χ4v) is 0.393. The Labute approximate surface area is 115 Å². The van der Waals surface area contributed by atoms with Crippen molar-refractivity contribution in [3.8, 4) is 0 Å². The molecule has 0 aromatic rings. The molecule has 118 valence electrons. The minimum atomic E-state index is -2.99. The molecule has 0 saturated carbocycles. The Morgan fingerprint density at radius 1 is 0.750 bits per heavy atom. The van der Waals surface area contributed by atoms with E-state index < -0.39 is 36.2 Å². The molecule has 0 radical (unpaired) electrons. The summed E-state index contributed by atoms with van der Waals surface area (Å²) in [7, 11) is 0. The first-order valence-corrected chi connectivity index (χ1v) is 3.97. The molecule has 20 heavy (non-hydrogen) atoms. The second-order valence-corrected chi connectivity index (χ2v) is 2.49. The summed E-state index contributed by atoms with van der Waals surface area (Å²) >= 11 is 0. The first-order chi connectivity index (χ1) is 8.09. The normalized spacial score (nSPS) is 11.7. The summed E-state index contributed by atoms with van der Waals surface area (Å²) in [5, 5.41) is 31.1. The highest BCUT2D eigenvalue weighted by Crippen LogP contribution is 2.03. The van der Waals surface area contributed by atoms with Crippen LogP contribution in [0, 0.1) is 0 Å². The Morgan fingerprint density at radius 3 is 1.05 bits per heavy atom. The van der Waals surface area contributed by atoms with Crippen molar-refractivity contribution in [2.24, 2.45) is 0 Å². The highest BCUT2D eigenvalue weighted by Gasteiger charge is 2.33. The van der Waals surface area contributed by atoms with Gasteiger partial charge in [0.05, 0.1) is 0 Å². The number of carbonyl (C=O) groups is 4. The molecule has 0 fully saturated rings. The van der Waals surface area contributed by atoms with Gasteiger partial charge >= 0.3 is 23.9 Å². The molecule has 0 aliphatic rings. The van der Waals surface area contributed by atoms with Crippen LogP contribution < -0.4 is 0 Å².